The SMILES string of the molecule is C[C@H]1C[C@H]1NC(=O)NCCc1cccc(C(=O)N(C)C)c1. The number of amides is 3. The van der Waals surface area contributed by atoms with Gasteiger partial charge in [-0.25, -0.2) is 4.79 Å². The predicted octanol–water partition coefficient (Wildman–Crippen LogP) is 1.64. The van der Waals surface area contributed by atoms with Crippen LogP contribution in [0.25, 0.3) is 0 Å². The van der Waals surface area contributed by atoms with Crippen molar-refractivity contribution in [3.8, 4) is 0 Å². The van der Waals surface area contributed by atoms with E-state index in [9.17, 15) is 9.59 Å². The normalized spacial score (nSPS) is 19.8. The minimum absolute atomic E-state index is 0.00901. The van der Waals surface area contributed by atoms with Crippen LogP contribution in [-0.4, -0.2) is 43.5 Å². The van der Waals surface area contributed by atoms with Crippen LogP contribution in [0.4, 0.5) is 4.79 Å². The van der Waals surface area contributed by atoms with Crippen LogP contribution in [0.5, 0.6) is 0 Å². The molecule has 1 aliphatic carbocycles. The molecular formula is C16H23N3O2. The minimum Gasteiger partial charge on any atom is -0.345 e. The lowest BCUT2D eigenvalue weighted by Crippen LogP contribution is -2.38. The highest BCUT2D eigenvalue weighted by Crippen LogP contribution is 2.28. The summed E-state index contributed by atoms with van der Waals surface area (Å²) in [5, 5.41) is 5.77. The van der Waals surface area contributed by atoms with E-state index in [1.807, 2.05) is 18.2 Å². The molecule has 5 nitrogen and oxygen atoms in total. The van der Waals surface area contributed by atoms with Crippen molar-refractivity contribution in [2.75, 3.05) is 20.6 Å². The molecule has 0 bridgehead atoms. The van der Waals surface area contributed by atoms with E-state index < -0.39 is 0 Å². The van der Waals surface area contributed by atoms with Crippen LogP contribution in [0.15, 0.2) is 24.3 Å². The molecule has 2 rings (SSSR count). The van der Waals surface area contributed by atoms with Gasteiger partial charge in [0, 0.05) is 32.2 Å². The zero-order valence-corrected chi connectivity index (χ0v) is 12.8. The van der Waals surface area contributed by atoms with Crippen molar-refractivity contribution in [3.63, 3.8) is 0 Å². The van der Waals surface area contributed by atoms with Crippen LogP contribution in [0.3, 0.4) is 0 Å². The van der Waals surface area contributed by atoms with Gasteiger partial charge in [-0.2, -0.15) is 0 Å². The van der Waals surface area contributed by atoms with Crippen LogP contribution in [0.1, 0.15) is 29.3 Å². The summed E-state index contributed by atoms with van der Waals surface area (Å²) >= 11 is 0. The molecule has 1 aliphatic rings. The summed E-state index contributed by atoms with van der Waals surface area (Å²) in [6.45, 7) is 2.69. The van der Waals surface area contributed by atoms with E-state index in [2.05, 4.69) is 17.6 Å². The maximum atomic E-state index is 11.9. The van der Waals surface area contributed by atoms with Crippen LogP contribution in [0, 0.1) is 5.92 Å². The molecule has 21 heavy (non-hydrogen) atoms. The Morgan fingerprint density at radius 3 is 2.67 bits per heavy atom. The lowest BCUT2D eigenvalue weighted by Gasteiger charge is -2.11. The van der Waals surface area contributed by atoms with Gasteiger partial charge in [0.2, 0.25) is 0 Å². The number of rotatable bonds is 5. The number of urea groups is 1. The lowest BCUT2D eigenvalue weighted by atomic mass is 10.1. The number of carbonyl (C=O) groups is 2. The second kappa shape index (κ2) is 6.61. The van der Waals surface area contributed by atoms with E-state index in [0.717, 1.165) is 12.0 Å². The summed E-state index contributed by atoms with van der Waals surface area (Å²) < 4.78 is 0. The van der Waals surface area contributed by atoms with E-state index >= 15 is 0 Å². The number of hydrogen-bond acceptors (Lipinski definition) is 2. The van der Waals surface area contributed by atoms with Gasteiger partial charge in [-0.15, -0.1) is 0 Å². The molecule has 1 aromatic carbocycles. The Balaban J connectivity index is 1.79. The molecule has 1 aromatic rings. The first kappa shape index (κ1) is 15.4. The van der Waals surface area contributed by atoms with Gasteiger partial charge in [0.25, 0.3) is 5.91 Å². The summed E-state index contributed by atoms with van der Waals surface area (Å²) in [6.07, 6.45) is 1.78. The molecule has 0 aromatic heterocycles. The zero-order valence-electron chi connectivity index (χ0n) is 12.8. The number of nitrogens with one attached hydrogen (secondary N) is 2. The van der Waals surface area contributed by atoms with Crippen molar-refractivity contribution in [1.82, 2.24) is 15.5 Å². The van der Waals surface area contributed by atoms with Crippen molar-refractivity contribution in [3.05, 3.63) is 35.4 Å². The van der Waals surface area contributed by atoms with Crippen LogP contribution >= 0.6 is 0 Å². The third-order valence-corrected chi connectivity index (χ3v) is 3.71. The van der Waals surface area contributed by atoms with Gasteiger partial charge >= 0.3 is 6.03 Å². The molecular weight excluding hydrogens is 266 g/mol. The Kier molecular flexibility index (Phi) is 4.83. The number of benzene rings is 1. The van der Waals surface area contributed by atoms with Crippen LogP contribution in [0.2, 0.25) is 0 Å². The third kappa shape index (κ3) is 4.48. The average molecular weight is 289 g/mol. The van der Waals surface area contributed by atoms with Crippen LogP contribution in [-0.2, 0) is 6.42 Å². The average Bonchev–Trinajstić information content (AvgIpc) is 3.13. The highest BCUT2D eigenvalue weighted by molar-refractivity contribution is 5.94. The molecule has 114 valence electrons. The Morgan fingerprint density at radius 2 is 2.05 bits per heavy atom. The molecule has 3 amide bonds. The van der Waals surface area contributed by atoms with Gasteiger partial charge in [0.15, 0.2) is 0 Å². The van der Waals surface area contributed by atoms with Gasteiger partial charge in [-0.05, 0) is 36.5 Å². The van der Waals surface area contributed by atoms with Crippen molar-refractivity contribution in [2.24, 2.45) is 5.92 Å². The van der Waals surface area contributed by atoms with Gasteiger partial charge in [0.05, 0.1) is 0 Å². The van der Waals surface area contributed by atoms with Gasteiger partial charge in [-0.3, -0.25) is 4.79 Å². The van der Waals surface area contributed by atoms with E-state index in [1.54, 1.807) is 25.1 Å². The third-order valence-electron chi connectivity index (χ3n) is 3.71. The Labute approximate surface area is 125 Å². The molecule has 2 N–H and O–H groups in total. The van der Waals surface area contributed by atoms with Crippen molar-refractivity contribution in [1.29, 1.82) is 0 Å². The first-order valence-corrected chi connectivity index (χ1v) is 7.32. The lowest BCUT2D eigenvalue weighted by molar-refractivity contribution is 0.0827. The fourth-order valence-corrected chi connectivity index (χ4v) is 2.18. The van der Waals surface area contributed by atoms with Gasteiger partial charge in [0.1, 0.15) is 0 Å². The van der Waals surface area contributed by atoms with Crippen molar-refractivity contribution in [2.45, 2.75) is 25.8 Å². The monoisotopic (exact) mass is 289 g/mol. The predicted molar refractivity (Wildman–Crippen MR) is 82.3 cm³/mol. The Bertz CT molecular complexity index is 528. The molecule has 2 atom stereocenters. The Morgan fingerprint density at radius 1 is 1.33 bits per heavy atom. The highest BCUT2D eigenvalue weighted by atomic mass is 16.2. The maximum absolute atomic E-state index is 11.9. The number of carbonyl (C=O) groups excluding carboxylic acids is 2. The molecule has 0 heterocycles. The molecule has 1 fully saturated rings. The topological polar surface area (TPSA) is 61.4 Å². The molecule has 0 spiro atoms. The van der Waals surface area contributed by atoms with E-state index in [1.165, 1.54) is 0 Å². The number of nitrogens with zero attached hydrogens (tertiary/aromatic N) is 1. The molecule has 0 unspecified atom stereocenters. The second-order valence-electron chi connectivity index (χ2n) is 5.87. The minimum atomic E-state index is -0.107. The Hall–Kier alpha value is -2.04. The smallest absolute Gasteiger partial charge is 0.315 e. The summed E-state index contributed by atoms with van der Waals surface area (Å²) in [6, 6.07) is 7.76. The zero-order chi connectivity index (χ0) is 15.4. The summed E-state index contributed by atoms with van der Waals surface area (Å²) in [7, 11) is 3.47. The van der Waals surface area contributed by atoms with E-state index in [4.69, 9.17) is 0 Å². The van der Waals surface area contributed by atoms with Crippen molar-refractivity contribution >= 4 is 11.9 Å². The van der Waals surface area contributed by atoms with Crippen LogP contribution < -0.4 is 10.6 Å². The molecule has 0 aliphatic heterocycles. The largest absolute Gasteiger partial charge is 0.345 e. The van der Waals surface area contributed by atoms with E-state index in [0.29, 0.717) is 30.5 Å². The maximum Gasteiger partial charge on any atom is 0.315 e. The summed E-state index contributed by atoms with van der Waals surface area (Å²) in [5.41, 5.74) is 1.72. The first-order chi connectivity index (χ1) is 9.97. The second-order valence-corrected chi connectivity index (χ2v) is 5.87. The summed E-state index contributed by atoms with van der Waals surface area (Å²) in [5.74, 6) is 0.592. The fraction of sp³-hybridized carbons (Fsp3) is 0.500. The fourth-order valence-electron chi connectivity index (χ4n) is 2.18. The van der Waals surface area contributed by atoms with Crippen molar-refractivity contribution < 1.29 is 9.59 Å². The molecule has 0 radical (unpaired) electrons. The highest BCUT2D eigenvalue weighted by Gasteiger charge is 2.33. The van der Waals surface area contributed by atoms with E-state index in [-0.39, 0.29) is 11.9 Å². The molecule has 1 saturated carbocycles. The van der Waals surface area contributed by atoms with Gasteiger partial charge in [-0.1, -0.05) is 19.1 Å². The molecule has 5 heteroatoms. The molecule has 0 saturated heterocycles. The standard InChI is InChI=1S/C16H23N3O2/c1-11-9-14(11)18-16(21)17-8-7-12-5-4-6-13(10-12)15(20)19(2)3/h4-6,10-11,14H,7-9H2,1-3H3,(H2,17,18,21)/t11-,14+/m0/s1. The number of hydrogen-bond donors (Lipinski definition) is 2. The quantitative estimate of drug-likeness (QED) is 0.865. The van der Waals surface area contributed by atoms with Gasteiger partial charge < -0.3 is 15.5 Å². The first-order valence-electron chi connectivity index (χ1n) is 7.32. The summed E-state index contributed by atoms with van der Waals surface area (Å²) in [4.78, 5) is 25.1.